The predicted octanol–water partition coefficient (Wildman–Crippen LogP) is 6.83. The minimum absolute atomic E-state index is 0.0638. The highest BCUT2D eigenvalue weighted by Gasteiger charge is 2.57. The molecule has 1 saturated heterocycles. The van der Waals surface area contributed by atoms with E-state index in [0.29, 0.717) is 24.7 Å². The molecule has 0 saturated carbocycles. The predicted molar refractivity (Wildman–Crippen MR) is 157 cm³/mol. The van der Waals surface area contributed by atoms with Crippen molar-refractivity contribution in [2.45, 2.75) is 30.8 Å². The maximum absolute atomic E-state index is 14.5. The lowest BCUT2D eigenvalue weighted by atomic mass is 9.63. The first-order chi connectivity index (χ1) is 19.1. The maximum Gasteiger partial charge on any atom is 0.231 e. The van der Waals surface area contributed by atoms with Gasteiger partial charge in [-0.25, -0.2) is 0 Å². The van der Waals surface area contributed by atoms with E-state index in [9.17, 15) is 4.79 Å². The van der Waals surface area contributed by atoms with Gasteiger partial charge in [-0.3, -0.25) is 9.79 Å². The number of fused-ring (bicyclic) bond motifs is 2. The van der Waals surface area contributed by atoms with Gasteiger partial charge in [0.1, 0.15) is 11.6 Å². The van der Waals surface area contributed by atoms with Crippen molar-refractivity contribution in [2.75, 3.05) is 19.0 Å². The number of likely N-dealkylation sites (tertiary alicyclic amines) is 1. The number of carbonyl (C=O) groups is 1. The number of ether oxygens (including phenoxy) is 1. The number of amides is 1. The molecule has 2 aliphatic heterocycles. The van der Waals surface area contributed by atoms with E-state index in [0.717, 1.165) is 45.9 Å². The summed E-state index contributed by atoms with van der Waals surface area (Å²) in [6, 6.07) is 34.1. The topological polar surface area (TPSA) is 53.9 Å². The van der Waals surface area contributed by atoms with Crippen LogP contribution in [0.15, 0.2) is 108 Å². The summed E-state index contributed by atoms with van der Waals surface area (Å²) in [5.41, 5.74) is 4.44. The van der Waals surface area contributed by atoms with Gasteiger partial charge < -0.3 is 15.0 Å². The molecule has 0 aliphatic carbocycles. The molecule has 4 aromatic rings. The number of rotatable bonds is 6. The number of carbonyl (C=O) groups excluding carboxylic acids is 1. The van der Waals surface area contributed by atoms with Crippen molar-refractivity contribution in [3.63, 3.8) is 0 Å². The van der Waals surface area contributed by atoms with Gasteiger partial charge in [-0.05, 0) is 52.9 Å². The number of halogens is 1. The number of hydrogen-bond acceptors (Lipinski definition) is 3. The molecular weight excluding hydrogens is 506 g/mol. The molecule has 0 unspecified atom stereocenters. The van der Waals surface area contributed by atoms with Gasteiger partial charge in [0.25, 0.3) is 0 Å². The Morgan fingerprint density at radius 3 is 2.41 bits per heavy atom. The Morgan fingerprint density at radius 2 is 1.64 bits per heavy atom. The van der Waals surface area contributed by atoms with E-state index in [1.165, 1.54) is 0 Å². The van der Waals surface area contributed by atoms with Gasteiger partial charge in [-0.15, -0.1) is 0 Å². The van der Waals surface area contributed by atoms with Crippen molar-refractivity contribution in [3.05, 3.63) is 130 Å². The molecule has 4 aromatic carbocycles. The molecule has 2 aliphatic rings. The quantitative estimate of drug-likeness (QED) is 0.294. The second-order valence-corrected chi connectivity index (χ2v) is 10.5. The number of aliphatic imine (C=N–C) groups is 1. The Kier molecular flexibility index (Phi) is 6.84. The van der Waals surface area contributed by atoms with Crippen LogP contribution in [-0.2, 0) is 23.3 Å². The fourth-order valence-electron chi connectivity index (χ4n) is 6.00. The number of methoxy groups -OCH3 is 1. The molecule has 1 amide bonds. The number of amidine groups is 1. The number of nitrogens with one attached hydrogen (secondary N) is 1. The van der Waals surface area contributed by atoms with Crippen LogP contribution < -0.4 is 10.1 Å². The number of anilines is 1. The Hall–Kier alpha value is -4.09. The Labute approximate surface area is 234 Å². The number of para-hydroxylation sites is 1. The molecule has 1 N–H and O–H groups in total. The Bertz CT molecular complexity index is 1520. The molecule has 196 valence electrons. The van der Waals surface area contributed by atoms with Crippen LogP contribution in [0.1, 0.15) is 34.6 Å². The molecular formula is C33H30ClN3O2. The summed E-state index contributed by atoms with van der Waals surface area (Å²) in [7, 11) is 1.66. The molecule has 0 aromatic heterocycles. The van der Waals surface area contributed by atoms with Crippen LogP contribution in [0.3, 0.4) is 0 Å². The summed E-state index contributed by atoms with van der Waals surface area (Å²) >= 11 is 6.83. The molecule has 1 spiro atoms. The van der Waals surface area contributed by atoms with Crippen molar-refractivity contribution in [2.24, 2.45) is 4.99 Å². The molecule has 5 nitrogen and oxygen atoms in total. The van der Waals surface area contributed by atoms with Crippen LogP contribution in [-0.4, -0.2) is 30.3 Å². The number of nitrogens with zero attached hydrogens (tertiary/aromatic N) is 2. The van der Waals surface area contributed by atoms with E-state index in [1.807, 2.05) is 83.8 Å². The largest absolute Gasteiger partial charge is 0.497 e. The highest BCUT2D eigenvalue weighted by molar-refractivity contribution is 6.32. The fourth-order valence-corrected chi connectivity index (χ4v) is 6.25. The molecule has 0 radical (unpaired) electrons. The average molecular weight is 536 g/mol. The van der Waals surface area contributed by atoms with Gasteiger partial charge in [0, 0.05) is 23.8 Å². The first-order valence-corrected chi connectivity index (χ1v) is 13.6. The molecule has 2 heterocycles. The van der Waals surface area contributed by atoms with Crippen molar-refractivity contribution < 1.29 is 9.53 Å². The normalized spacial score (nSPS) is 21.2. The first kappa shape index (κ1) is 25.2. The summed E-state index contributed by atoms with van der Waals surface area (Å²) in [4.78, 5) is 21.6. The molecule has 2 atom stereocenters. The highest BCUT2D eigenvalue weighted by atomic mass is 35.5. The lowest BCUT2D eigenvalue weighted by molar-refractivity contribution is -0.137. The minimum Gasteiger partial charge on any atom is -0.497 e. The average Bonchev–Trinajstić information content (AvgIpc) is 3.28. The van der Waals surface area contributed by atoms with E-state index in [4.69, 9.17) is 21.3 Å². The van der Waals surface area contributed by atoms with E-state index < -0.39 is 11.3 Å². The molecule has 6 heteroatoms. The van der Waals surface area contributed by atoms with Gasteiger partial charge in [0.05, 0.1) is 25.0 Å². The lowest BCUT2D eigenvalue weighted by Gasteiger charge is -2.45. The third kappa shape index (κ3) is 4.57. The SMILES string of the molecule is COc1ccc(CN=C2Nc3ccccc3[C@]23CCN(Cc2ccccc2)C(=O)[C@H]3c2ccccc2Cl)cc1. The van der Waals surface area contributed by atoms with Gasteiger partial charge in [-0.1, -0.05) is 90.5 Å². The molecule has 0 bridgehead atoms. The monoisotopic (exact) mass is 535 g/mol. The fraction of sp³-hybridized carbons (Fsp3) is 0.212. The summed E-state index contributed by atoms with van der Waals surface area (Å²) in [6.07, 6.45) is 0.729. The van der Waals surface area contributed by atoms with Crippen LogP contribution in [0, 0.1) is 0 Å². The zero-order valence-electron chi connectivity index (χ0n) is 21.8. The lowest BCUT2D eigenvalue weighted by Crippen LogP contribution is -2.55. The van der Waals surface area contributed by atoms with E-state index in [1.54, 1.807) is 7.11 Å². The first-order valence-electron chi connectivity index (χ1n) is 13.2. The number of benzene rings is 4. The zero-order chi connectivity index (χ0) is 26.8. The van der Waals surface area contributed by atoms with Gasteiger partial charge in [-0.2, -0.15) is 0 Å². The Morgan fingerprint density at radius 1 is 0.923 bits per heavy atom. The van der Waals surface area contributed by atoms with Crippen molar-refractivity contribution in [1.82, 2.24) is 4.90 Å². The van der Waals surface area contributed by atoms with Crippen LogP contribution in [0.2, 0.25) is 5.02 Å². The smallest absolute Gasteiger partial charge is 0.231 e. The third-order valence-electron chi connectivity index (χ3n) is 7.92. The molecule has 39 heavy (non-hydrogen) atoms. The van der Waals surface area contributed by atoms with Crippen LogP contribution in [0.25, 0.3) is 0 Å². The highest BCUT2D eigenvalue weighted by Crippen LogP contribution is 2.54. The van der Waals surface area contributed by atoms with E-state index >= 15 is 0 Å². The van der Waals surface area contributed by atoms with Crippen LogP contribution >= 0.6 is 11.6 Å². The van der Waals surface area contributed by atoms with Gasteiger partial charge in [0.15, 0.2) is 0 Å². The van der Waals surface area contributed by atoms with Crippen LogP contribution in [0.4, 0.5) is 5.69 Å². The third-order valence-corrected chi connectivity index (χ3v) is 8.27. The van der Waals surface area contributed by atoms with Crippen LogP contribution in [0.5, 0.6) is 5.75 Å². The van der Waals surface area contributed by atoms with Crippen molar-refractivity contribution >= 4 is 29.0 Å². The minimum atomic E-state index is -0.654. The Balaban J connectivity index is 1.46. The van der Waals surface area contributed by atoms with E-state index in [2.05, 4.69) is 29.6 Å². The van der Waals surface area contributed by atoms with Gasteiger partial charge >= 0.3 is 0 Å². The standard InChI is InChI=1S/C33H30ClN3O2/c1-39-25-17-15-23(16-18-25)21-35-32-33(27-12-6-8-14-29(27)36-32)19-20-37(22-24-9-3-2-4-10-24)31(38)30(33)26-11-5-7-13-28(26)34/h2-18,30H,19-22H2,1H3,(H,35,36)/t30-,33+/m1/s1. The summed E-state index contributed by atoms with van der Waals surface area (Å²) in [6.45, 7) is 1.66. The molecule has 1 fully saturated rings. The van der Waals surface area contributed by atoms with Gasteiger partial charge in [0.2, 0.25) is 5.91 Å². The summed E-state index contributed by atoms with van der Waals surface area (Å²) in [5.74, 6) is 1.17. The van der Waals surface area contributed by atoms with E-state index in [-0.39, 0.29) is 5.91 Å². The van der Waals surface area contributed by atoms with Crippen molar-refractivity contribution in [3.8, 4) is 5.75 Å². The number of piperidine rings is 1. The zero-order valence-corrected chi connectivity index (χ0v) is 22.6. The summed E-state index contributed by atoms with van der Waals surface area (Å²) < 4.78 is 5.32. The second kappa shape index (κ2) is 10.6. The maximum atomic E-state index is 14.5. The number of hydrogen-bond donors (Lipinski definition) is 1. The second-order valence-electron chi connectivity index (χ2n) is 10.1. The summed E-state index contributed by atoms with van der Waals surface area (Å²) in [5, 5.41) is 4.20. The van der Waals surface area contributed by atoms with Crippen molar-refractivity contribution in [1.29, 1.82) is 0 Å². The molecule has 6 rings (SSSR count).